The number of aromatic nitrogens is 1. The molecule has 0 atom stereocenters. The van der Waals surface area contributed by atoms with Crippen molar-refractivity contribution in [2.45, 2.75) is 39.3 Å². The number of anilines is 1. The molecule has 1 aliphatic heterocycles. The number of pyridine rings is 1. The van der Waals surface area contributed by atoms with E-state index in [1.165, 1.54) is 24.3 Å². The number of carbonyl (C=O) groups is 2. The molecule has 0 spiro atoms. The number of rotatable bonds is 4. The van der Waals surface area contributed by atoms with Crippen molar-refractivity contribution < 1.29 is 18.4 Å². The summed E-state index contributed by atoms with van der Waals surface area (Å²) in [5, 5.41) is 0.181. The van der Waals surface area contributed by atoms with Gasteiger partial charge in [-0.25, -0.2) is 8.78 Å². The number of halogens is 3. The molecule has 0 saturated heterocycles. The first-order valence-electron chi connectivity index (χ1n) is 12.7. The van der Waals surface area contributed by atoms with E-state index in [0.29, 0.717) is 49.4 Å². The monoisotopic (exact) mass is 540 g/mol. The molecule has 38 heavy (non-hydrogen) atoms. The maximum atomic E-state index is 14.5. The van der Waals surface area contributed by atoms with Crippen LogP contribution in [0.3, 0.4) is 0 Å². The van der Waals surface area contributed by atoms with Crippen LogP contribution in [0.2, 0.25) is 5.02 Å². The fourth-order valence-electron chi connectivity index (χ4n) is 4.70. The van der Waals surface area contributed by atoms with Gasteiger partial charge in [0.1, 0.15) is 11.6 Å². The largest absolute Gasteiger partial charge is 0.337 e. The maximum absolute atomic E-state index is 14.5. The third-order valence-corrected chi connectivity index (χ3v) is 7.18. The minimum absolute atomic E-state index is 0.0596. The van der Waals surface area contributed by atoms with Gasteiger partial charge in [0.25, 0.3) is 5.91 Å². The molecule has 4 rings (SSSR count). The van der Waals surface area contributed by atoms with Crippen LogP contribution in [0.15, 0.2) is 60.9 Å². The van der Waals surface area contributed by atoms with E-state index in [-0.39, 0.29) is 41.4 Å². The summed E-state index contributed by atoms with van der Waals surface area (Å²) in [6.07, 6.45) is 3.57. The summed E-state index contributed by atoms with van der Waals surface area (Å²) in [6, 6.07) is 12.1. The van der Waals surface area contributed by atoms with Crippen LogP contribution >= 0.6 is 11.6 Å². The molecule has 0 N–H and O–H groups in total. The van der Waals surface area contributed by atoms with Crippen molar-refractivity contribution in [2.75, 3.05) is 31.1 Å². The minimum Gasteiger partial charge on any atom is -0.337 e. The number of amides is 2. The lowest BCUT2D eigenvalue weighted by Gasteiger charge is -2.30. The first kappa shape index (κ1) is 27.7. The highest BCUT2D eigenvalue weighted by atomic mass is 35.5. The van der Waals surface area contributed by atoms with Crippen molar-refractivity contribution in [3.05, 3.63) is 94.3 Å². The van der Waals surface area contributed by atoms with Gasteiger partial charge < -0.3 is 9.80 Å². The molecule has 1 aliphatic rings. The molecule has 6 nitrogen and oxygen atoms in total. The van der Waals surface area contributed by atoms with Crippen LogP contribution < -0.4 is 4.90 Å². The Morgan fingerprint density at radius 3 is 2.47 bits per heavy atom. The van der Waals surface area contributed by atoms with Gasteiger partial charge in [0.15, 0.2) is 0 Å². The minimum atomic E-state index is -0.548. The molecular weight excluding hydrogens is 510 g/mol. The normalized spacial score (nSPS) is 15.2. The van der Waals surface area contributed by atoms with Gasteiger partial charge >= 0.3 is 0 Å². The second kappa shape index (κ2) is 12.5. The van der Waals surface area contributed by atoms with E-state index in [1.54, 1.807) is 46.5 Å². The zero-order chi connectivity index (χ0) is 27.2. The third-order valence-electron chi connectivity index (χ3n) is 6.82. The van der Waals surface area contributed by atoms with Crippen LogP contribution in [-0.4, -0.2) is 58.8 Å². The van der Waals surface area contributed by atoms with Crippen molar-refractivity contribution in [3.8, 4) is 0 Å². The number of fused-ring (bicyclic) bond motifs is 1. The summed E-state index contributed by atoms with van der Waals surface area (Å²) in [5.74, 6) is -1.58. The number of nitrogens with zero attached hydrogens (tertiary/aromatic N) is 4. The highest BCUT2D eigenvalue weighted by molar-refractivity contribution is 6.31. The van der Waals surface area contributed by atoms with E-state index in [4.69, 9.17) is 11.6 Å². The topological polar surface area (TPSA) is 56.8 Å². The van der Waals surface area contributed by atoms with E-state index >= 15 is 0 Å². The van der Waals surface area contributed by atoms with Crippen molar-refractivity contribution in [1.29, 1.82) is 0 Å². The molecule has 0 aliphatic carbocycles. The van der Waals surface area contributed by atoms with E-state index in [9.17, 15) is 18.4 Å². The van der Waals surface area contributed by atoms with Crippen LogP contribution in [0.1, 0.15) is 41.8 Å². The third kappa shape index (κ3) is 6.55. The predicted molar refractivity (Wildman–Crippen MR) is 144 cm³/mol. The molecule has 0 unspecified atom stereocenters. The highest BCUT2D eigenvalue weighted by Gasteiger charge is 2.26. The molecule has 3 aromatic rings. The maximum Gasteiger partial charge on any atom is 0.258 e. The molecule has 0 fully saturated rings. The Bertz CT molecular complexity index is 1270. The molecule has 0 saturated carbocycles. The fourth-order valence-corrected chi connectivity index (χ4v) is 4.93. The van der Waals surface area contributed by atoms with Gasteiger partial charge in [-0.2, -0.15) is 0 Å². The van der Waals surface area contributed by atoms with Crippen molar-refractivity contribution >= 4 is 29.1 Å². The molecule has 0 radical (unpaired) electrons. The average molecular weight is 541 g/mol. The van der Waals surface area contributed by atoms with Crippen LogP contribution in [0.5, 0.6) is 0 Å². The molecule has 2 aromatic carbocycles. The van der Waals surface area contributed by atoms with E-state index < -0.39 is 11.6 Å². The Hall–Kier alpha value is -3.36. The van der Waals surface area contributed by atoms with Crippen molar-refractivity contribution in [3.63, 3.8) is 0 Å². The summed E-state index contributed by atoms with van der Waals surface area (Å²) in [5.41, 5.74) is 1.63. The zero-order valence-electron chi connectivity index (χ0n) is 21.5. The second-order valence-electron chi connectivity index (χ2n) is 9.64. The Labute approximate surface area is 226 Å². The first-order chi connectivity index (χ1) is 18.2. The lowest BCUT2D eigenvalue weighted by molar-refractivity contribution is -0.131. The molecule has 9 heteroatoms. The highest BCUT2D eigenvalue weighted by Crippen LogP contribution is 2.27. The summed E-state index contributed by atoms with van der Waals surface area (Å²) >= 11 is 6.20. The van der Waals surface area contributed by atoms with E-state index in [2.05, 4.69) is 23.7 Å². The van der Waals surface area contributed by atoms with E-state index in [0.717, 1.165) is 0 Å². The van der Waals surface area contributed by atoms with Gasteiger partial charge in [0.05, 0.1) is 6.42 Å². The Balaban J connectivity index is 1.73. The quantitative estimate of drug-likeness (QED) is 0.448. The fraction of sp³-hybridized carbons (Fsp3) is 0.345. The summed E-state index contributed by atoms with van der Waals surface area (Å²) in [7, 11) is 0. The zero-order valence-corrected chi connectivity index (χ0v) is 22.3. The predicted octanol–water partition coefficient (Wildman–Crippen LogP) is 5.35. The molecular formula is C29H31ClF2N4O2. The second-order valence-corrected chi connectivity index (χ2v) is 10.0. The molecule has 1 aromatic heterocycles. The van der Waals surface area contributed by atoms with E-state index in [1.807, 2.05) is 0 Å². The van der Waals surface area contributed by atoms with Crippen LogP contribution in [0.25, 0.3) is 0 Å². The number of benzene rings is 2. The lowest BCUT2D eigenvalue weighted by Crippen LogP contribution is -2.42. The SMILES string of the molecule is CC(C)N1CCCN(C(=O)c2ccncc2)c2ccc(F)cc2CN(C(=O)Cc2c(F)cccc2Cl)CC1. The lowest BCUT2D eigenvalue weighted by atomic mass is 10.1. The van der Waals surface area contributed by atoms with Gasteiger partial charge in [-0.1, -0.05) is 17.7 Å². The van der Waals surface area contributed by atoms with Gasteiger partial charge in [-0.15, -0.1) is 0 Å². The van der Waals surface area contributed by atoms with Gasteiger partial charge in [0, 0.05) is 73.0 Å². The van der Waals surface area contributed by atoms with Crippen LogP contribution in [0, 0.1) is 11.6 Å². The average Bonchev–Trinajstić information content (AvgIpc) is 2.93. The molecule has 2 amide bonds. The van der Waals surface area contributed by atoms with Crippen molar-refractivity contribution in [2.24, 2.45) is 0 Å². The Morgan fingerprint density at radius 1 is 1.00 bits per heavy atom. The van der Waals surface area contributed by atoms with Crippen LogP contribution in [-0.2, 0) is 17.8 Å². The first-order valence-corrected chi connectivity index (χ1v) is 13.1. The molecule has 2 heterocycles. The number of hydrogen-bond donors (Lipinski definition) is 0. The standard InChI is InChI=1S/C29H31ClF2N4O2/c1-20(2)34-13-4-14-36(29(38)21-9-11-33-12-10-21)27-8-7-23(31)17-22(27)19-35(16-15-34)28(37)18-24-25(30)5-3-6-26(24)32/h3,5-12,17,20H,4,13-16,18-19H2,1-2H3. The number of carbonyl (C=O) groups excluding carboxylic acids is 2. The molecule has 0 bridgehead atoms. The smallest absolute Gasteiger partial charge is 0.258 e. The molecule has 200 valence electrons. The van der Waals surface area contributed by atoms with Gasteiger partial charge in [-0.3, -0.25) is 19.5 Å². The summed E-state index contributed by atoms with van der Waals surface area (Å²) in [6.45, 7) is 6.28. The Kier molecular flexibility index (Phi) is 9.07. The summed E-state index contributed by atoms with van der Waals surface area (Å²) in [4.78, 5) is 36.6. The number of hydrogen-bond acceptors (Lipinski definition) is 4. The van der Waals surface area contributed by atoms with Crippen LogP contribution in [0.4, 0.5) is 14.5 Å². The van der Waals surface area contributed by atoms with Gasteiger partial charge in [-0.05, 0) is 68.3 Å². The van der Waals surface area contributed by atoms with Crippen molar-refractivity contribution in [1.82, 2.24) is 14.8 Å². The Morgan fingerprint density at radius 2 is 1.76 bits per heavy atom. The summed E-state index contributed by atoms with van der Waals surface area (Å²) < 4.78 is 29.0. The van der Waals surface area contributed by atoms with Gasteiger partial charge in [0.2, 0.25) is 5.91 Å².